The molecule has 7 heteroatoms. The first-order valence-electron chi connectivity index (χ1n) is 10.7. The first kappa shape index (κ1) is 23.4. The van der Waals surface area contributed by atoms with E-state index in [4.69, 9.17) is 23.2 Å². The number of halogens is 2. The van der Waals surface area contributed by atoms with E-state index in [1.54, 1.807) is 12.1 Å². The van der Waals surface area contributed by atoms with Gasteiger partial charge in [-0.25, -0.2) is 0 Å². The minimum absolute atomic E-state index is 0.205. The molecule has 1 heterocycles. The van der Waals surface area contributed by atoms with E-state index >= 15 is 0 Å². The van der Waals surface area contributed by atoms with Gasteiger partial charge in [-0.05, 0) is 55.0 Å². The van der Waals surface area contributed by atoms with Gasteiger partial charge in [-0.3, -0.25) is 9.59 Å². The van der Waals surface area contributed by atoms with Gasteiger partial charge in [0.25, 0.3) is 5.91 Å². The molecular formula is C24H29Cl2N3O2. The number of hydrogen-bond donors (Lipinski definition) is 2. The third-order valence-electron chi connectivity index (χ3n) is 5.40. The SMILES string of the molecule is CC(C)CC(NC(=O)c1ccc(Cl)cc1Cl)C(=O)NCc1ccccc1N1CCCC1. The monoisotopic (exact) mass is 461 g/mol. The third-order valence-corrected chi connectivity index (χ3v) is 5.94. The second kappa shape index (κ2) is 10.9. The van der Waals surface area contributed by atoms with Crippen LogP contribution in [0.3, 0.4) is 0 Å². The summed E-state index contributed by atoms with van der Waals surface area (Å²) in [7, 11) is 0. The van der Waals surface area contributed by atoms with Crippen molar-refractivity contribution in [2.45, 2.75) is 45.7 Å². The summed E-state index contributed by atoms with van der Waals surface area (Å²) in [5.74, 6) is -0.364. The van der Waals surface area contributed by atoms with Crippen LogP contribution in [0, 0.1) is 5.92 Å². The predicted molar refractivity (Wildman–Crippen MR) is 127 cm³/mol. The Hall–Kier alpha value is -2.24. The maximum atomic E-state index is 13.0. The Morgan fingerprint density at radius 2 is 1.77 bits per heavy atom. The maximum Gasteiger partial charge on any atom is 0.253 e. The lowest BCUT2D eigenvalue weighted by Crippen LogP contribution is -2.47. The van der Waals surface area contributed by atoms with Crippen LogP contribution < -0.4 is 15.5 Å². The number of para-hydroxylation sites is 1. The van der Waals surface area contributed by atoms with Crippen molar-refractivity contribution < 1.29 is 9.59 Å². The molecule has 1 aliphatic rings. The molecule has 2 amide bonds. The van der Waals surface area contributed by atoms with Gasteiger partial charge in [0.1, 0.15) is 6.04 Å². The van der Waals surface area contributed by atoms with Crippen molar-refractivity contribution in [3.05, 3.63) is 63.6 Å². The first-order chi connectivity index (χ1) is 14.8. The normalized spacial score (nSPS) is 14.5. The summed E-state index contributed by atoms with van der Waals surface area (Å²) in [5.41, 5.74) is 2.54. The molecule has 0 saturated carbocycles. The number of anilines is 1. The van der Waals surface area contributed by atoms with Crippen LogP contribution in [0.2, 0.25) is 10.0 Å². The van der Waals surface area contributed by atoms with E-state index in [0.717, 1.165) is 24.3 Å². The molecule has 166 valence electrons. The van der Waals surface area contributed by atoms with Gasteiger partial charge in [0.15, 0.2) is 0 Å². The number of hydrogen-bond acceptors (Lipinski definition) is 3. The van der Waals surface area contributed by atoms with Crippen molar-refractivity contribution in [1.82, 2.24) is 10.6 Å². The summed E-state index contributed by atoms with van der Waals surface area (Å²) in [4.78, 5) is 28.1. The molecule has 1 fully saturated rings. The largest absolute Gasteiger partial charge is 0.371 e. The molecule has 1 unspecified atom stereocenters. The highest BCUT2D eigenvalue weighted by Gasteiger charge is 2.24. The Labute approximate surface area is 194 Å². The summed E-state index contributed by atoms with van der Waals surface area (Å²) in [6.45, 7) is 6.53. The molecule has 31 heavy (non-hydrogen) atoms. The minimum atomic E-state index is -0.654. The van der Waals surface area contributed by atoms with Crippen molar-refractivity contribution in [2.24, 2.45) is 5.92 Å². The number of amides is 2. The van der Waals surface area contributed by atoms with Crippen molar-refractivity contribution in [3.8, 4) is 0 Å². The number of rotatable bonds is 8. The number of carbonyl (C=O) groups excluding carboxylic acids is 2. The molecule has 0 spiro atoms. The quantitative estimate of drug-likeness (QED) is 0.577. The van der Waals surface area contributed by atoms with E-state index < -0.39 is 6.04 Å². The molecule has 1 saturated heterocycles. The van der Waals surface area contributed by atoms with Gasteiger partial charge < -0.3 is 15.5 Å². The van der Waals surface area contributed by atoms with Crippen LogP contribution >= 0.6 is 23.2 Å². The molecule has 2 N–H and O–H groups in total. The van der Waals surface area contributed by atoms with Crippen molar-refractivity contribution in [3.63, 3.8) is 0 Å². The predicted octanol–water partition coefficient (Wildman–Crippen LogP) is 5.05. The first-order valence-corrected chi connectivity index (χ1v) is 11.5. The highest BCUT2D eigenvalue weighted by molar-refractivity contribution is 6.36. The van der Waals surface area contributed by atoms with Crippen LogP contribution in [-0.2, 0) is 11.3 Å². The van der Waals surface area contributed by atoms with E-state index in [-0.39, 0.29) is 22.8 Å². The molecule has 2 aromatic carbocycles. The van der Waals surface area contributed by atoms with E-state index in [1.807, 2.05) is 32.0 Å². The highest BCUT2D eigenvalue weighted by Crippen LogP contribution is 2.25. The molecule has 1 atom stereocenters. The standard InChI is InChI=1S/C24H29Cl2N3O2/c1-16(2)13-21(28-23(30)19-10-9-18(25)14-20(19)26)24(31)27-15-17-7-3-4-8-22(17)29-11-5-6-12-29/h3-4,7-10,14,16,21H,5-6,11-13,15H2,1-2H3,(H,27,31)(H,28,30). The van der Waals surface area contributed by atoms with Crippen LogP contribution in [0.25, 0.3) is 0 Å². The van der Waals surface area contributed by atoms with Crippen LogP contribution in [-0.4, -0.2) is 30.9 Å². The van der Waals surface area contributed by atoms with Crippen LogP contribution in [0.4, 0.5) is 5.69 Å². The Morgan fingerprint density at radius 1 is 1.06 bits per heavy atom. The van der Waals surface area contributed by atoms with E-state index in [9.17, 15) is 9.59 Å². The van der Waals surface area contributed by atoms with E-state index in [2.05, 4.69) is 21.6 Å². The molecule has 0 radical (unpaired) electrons. The number of benzene rings is 2. The molecule has 2 aromatic rings. The van der Waals surface area contributed by atoms with Crippen molar-refractivity contribution in [2.75, 3.05) is 18.0 Å². The summed E-state index contributed by atoms with van der Waals surface area (Å²) >= 11 is 12.1. The average Bonchev–Trinajstić information content (AvgIpc) is 3.26. The van der Waals surface area contributed by atoms with Gasteiger partial charge >= 0.3 is 0 Å². The van der Waals surface area contributed by atoms with Crippen LogP contribution in [0.15, 0.2) is 42.5 Å². The summed E-state index contributed by atoms with van der Waals surface area (Å²) in [6, 6.07) is 12.2. The number of nitrogens with one attached hydrogen (secondary N) is 2. The molecule has 1 aliphatic heterocycles. The maximum absolute atomic E-state index is 13.0. The summed E-state index contributed by atoms with van der Waals surface area (Å²) < 4.78 is 0. The Bertz CT molecular complexity index is 927. The fourth-order valence-corrected chi connectivity index (χ4v) is 4.34. The summed E-state index contributed by atoms with van der Waals surface area (Å²) in [5, 5.41) is 6.57. The second-order valence-corrected chi connectivity index (χ2v) is 9.16. The van der Waals surface area contributed by atoms with Crippen molar-refractivity contribution >= 4 is 40.7 Å². The zero-order valence-corrected chi connectivity index (χ0v) is 19.5. The highest BCUT2D eigenvalue weighted by atomic mass is 35.5. The Morgan fingerprint density at radius 3 is 2.45 bits per heavy atom. The zero-order valence-electron chi connectivity index (χ0n) is 18.0. The summed E-state index contributed by atoms with van der Waals surface area (Å²) in [6.07, 6.45) is 2.91. The molecule has 3 rings (SSSR count). The lowest BCUT2D eigenvalue weighted by molar-refractivity contribution is -0.123. The van der Waals surface area contributed by atoms with Gasteiger partial charge in [-0.2, -0.15) is 0 Å². The molecular weight excluding hydrogens is 433 g/mol. The number of carbonyl (C=O) groups is 2. The second-order valence-electron chi connectivity index (χ2n) is 8.32. The number of nitrogens with zero attached hydrogens (tertiary/aromatic N) is 1. The minimum Gasteiger partial charge on any atom is -0.371 e. The van der Waals surface area contributed by atoms with Crippen LogP contribution in [0.1, 0.15) is 49.0 Å². The molecule has 0 aliphatic carbocycles. The fourth-order valence-electron chi connectivity index (χ4n) is 3.84. The average molecular weight is 462 g/mol. The van der Waals surface area contributed by atoms with Gasteiger partial charge in [0, 0.05) is 30.3 Å². The van der Waals surface area contributed by atoms with Gasteiger partial charge in [-0.15, -0.1) is 0 Å². The van der Waals surface area contributed by atoms with E-state index in [0.29, 0.717) is 23.6 Å². The van der Waals surface area contributed by atoms with Gasteiger partial charge in [0.05, 0.1) is 10.6 Å². The molecule has 0 aromatic heterocycles. The zero-order chi connectivity index (χ0) is 22.4. The van der Waals surface area contributed by atoms with E-state index in [1.165, 1.54) is 18.9 Å². The third kappa shape index (κ3) is 6.37. The van der Waals surface area contributed by atoms with Gasteiger partial charge in [-0.1, -0.05) is 55.2 Å². The molecule has 0 bridgehead atoms. The van der Waals surface area contributed by atoms with Crippen LogP contribution in [0.5, 0.6) is 0 Å². The Balaban J connectivity index is 1.68. The topological polar surface area (TPSA) is 61.4 Å². The lowest BCUT2D eigenvalue weighted by Gasteiger charge is -2.23. The van der Waals surface area contributed by atoms with Gasteiger partial charge in [0.2, 0.25) is 5.91 Å². The Kier molecular flexibility index (Phi) is 8.22. The molecule has 5 nitrogen and oxygen atoms in total. The fraction of sp³-hybridized carbons (Fsp3) is 0.417. The van der Waals surface area contributed by atoms with Crippen molar-refractivity contribution in [1.29, 1.82) is 0 Å². The smallest absolute Gasteiger partial charge is 0.253 e. The lowest BCUT2D eigenvalue weighted by atomic mass is 10.0.